The summed E-state index contributed by atoms with van der Waals surface area (Å²) in [6.45, 7) is 4.33. The van der Waals surface area contributed by atoms with Gasteiger partial charge in [-0.3, -0.25) is 4.98 Å². The molecule has 1 aliphatic carbocycles. The van der Waals surface area contributed by atoms with E-state index in [4.69, 9.17) is 9.47 Å². The normalized spacial score (nSPS) is 33.4. The predicted octanol–water partition coefficient (Wildman–Crippen LogP) is 2.49. The molecular formula is C17H24N2O2. The van der Waals surface area contributed by atoms with Gasteiger partial charge in [-0.05, 0) is 50.3 Å². The van der Waals surface area contributed by atoms with Crippen LogP contribution in [0.2, 0.25) is 0 Å². The Bertz CT molecular complexity index is 477. The van der Waals surface area contributed by atoms with Gasteiger partial charge in [0.25, 0.3) is 0 Å². The molecule has 3 aliphatic rings. The van der Waals surface area contributed by atoms with Crippen LogP contribution >= 0.6 is 0 Å². The van der Waals surface area contributed by atoms with Crippen molar-refractivity contribution in [3.63, 3.8) is 0 Å². The second-order valence-electron chi connectivity index (χ2n) is 6.91. The van der Waals surface area contributed by atoms with Crippen LogP contribution in [0.5, 0.6) is 5.75 Å². The number of nitrogens with zero attached hydrogens (tertiary/aromatic N) is 2. The Hall–Kier alpha value is -1.13. The average molecular weight is 288 g/mol. The maximum Gasteiger partial charge on any atom is 0.138 e. The summed E-state index contributed by atoms with van der Waals surface area (Å²) in [5, 5.41) is 0. The smallest absolute Gasteiger partial charge is 0.138 e. The first-order chi connectivity index (χ1) is 10.3. The van der Waals surface area contributed by atoms with Gasteiger partial charge in [-0.15, -0.1) is 0 Å². The monoisotopic (exact) mass is 288 g/mol. The van der Waals surface area contributed by atoms with Crippen LogP contribution in [-0.4, -0.2) is 47.8 Å². The third kappa shape index (κ3) is 3.22. The molecule has 114 valence electrons. The van der Waals surface area contributed by atoms with E-state index < -0.39 is 0 Å². The van der Waals surface area contributed by atoms with Crippen molar-refractivity contribution in [1.82, 2.24) is 9.88 Å². The number of piperidine rings is 1. The Kier molecular flexibility index (Phi) is 3.59. The minimum Gasteiger partial charge on any atom is -0.486 e. The zero-order chi connectivity index (χ0) is 14.1. The first-order valence-corrected chi connectivity index (χ1v) is 8.24. The number of pyridine rings is 1. The number of aromatic nitrogens is 1. The molecule has 3 heterocycles. The summed E-state index contributed by atoms with van der Waals surface area (Å²) in [4.78, 5) is 6.73. The number of ether oxygens (including phenoxy) is 2. The van der Waals surface area contributed by atoms with Gasteiger partial charge >= 0.3 is 0 Å². The van der Waals surface area contributed by atoms with E-state index in [2.05, 4.69) is 9.88 Å². The zero-order valence-corrected chi connectivity index (χ0v) is 12.5. The molecule has 4 heteroatoms. The summed E-state index contributed by atoms with van der Waals surface area (Å²) >= 11 is 0. The third-order valence-corrected chi connectivity index (χ3v) is 4.94. The van der Waals surface area contributed by atoms with Gasteiger partial charge in [0.1, 0.15) is 11.9 Å². The largest absolute Gasteiger partial charge is 0.486 e. The summed E-state index contributed by atoms with van der Waals surface area (Å²) < 4.78 is 12.2. The van der Waals surface area contributed by atoms with Gasteiger partial charge < -0.3 is 14.4 Å². The lowest BCUT2D eigenvalue weighted by atomic mass is 9.89. The lowest BCUT2D eigenvalue weighted by Gasteiger charge is -2.39. The molecule has 2 aliphatic heterocycles. The van der Waals surface area contributed by atoms with E-state index in [1.807, 2.05) is 12.1 Å². The van der Waals surface area contributed by atoms with Crippen molar-refractivity contribution in [2.45, 2.75) is 43.8 Å². The van der Waals surface area contributed by atoms with E-state index in [9.17, 15) is 0 Å². The summed E-state index contributed by atoms with van der Waals surface area (Å²) in [5.41, 5.74) is 0.0417. The molecule has 1 aromatic rings. The van der Waals surface area contributed by atoms with Crippen molar-refractivity contribution < 1.29 is 9.47 Å². The van der Waals surface area contributed by atoms with E-state index in [0.717, 1.165) is 24.6 Å². The van der Waals surface area contributed by atoms with Crippen molar-refractivity contribution in [2.24, 2.45) is 5.92 Å². The minimum absolute atomic E-state index is 0.0417. The van der Waals surface area contributed by atoms with E-state index in [-0.39, 0.29) is 11.7 Å². The lowest BCUT2D eigenvalue weighted by molar-refractivity contribution is -0.0526. The van der Waals surface area contributed by atoms with Crippen molar-refractivity contribution in [1.29, 1.82) is 0 Å². The molecule has 3 fully saturated rings. The third-order valence-electron chi connectivity index (χ3n) is 4.94. The molecule has 0 N–H and O–H groups in total. The molecule has 4 rings (SSSR count). The standard InChI is InChI=1S/C17H24N2O2/c1-3-15(10-18-7-1)21-16-9-17(20-12-16)6-2-8-19(13-17)11-14-4-5-14/h1,3,7,10,14,16H,2,4-6,8-9,11-13H2/t16-,17-/m1/s1. The van der Waals surface area contributed by atoms with Crippen molar-refractivity contribution in [3.8, 4) is 5.75 Å². The van der Waals surface area contributed by atoms with Crippen molar-refractivity contribution >= 4 is 0 Å². The summed E-state index contributed by atoms with van der Waals surface area (Å²) in [6, 6.07) is 3.89. The first-order valence-electron chi connectivity index (χ1n) is 8.24. The van der Waals surface area contributed by atoms with Crippen LogP contribution in [0.4, 0.5) is 0 Å². The van der Waals surface area contributed by atoms with Gasteiger partial charge in [0.15, 0.2) is 0 Å². The minimum atomic E-state index is 0.0417. The van der Waals surface area contributed by atoms with Crippen molar-refractivity contribution in [3.05, 3.63) is 24.5 Å². The van der Waals surface area contributed by atoms with Crippen LogP contribution in [0.1, 0.15) is 32.1 Å². The Labute approximate surface area is 126 Å². The van der Waals surface area contributed by atoms with Crippen LogP contribution in [0.25, 0.3) is 0 Å². The molecule has 0 bridgehead atoms. The molecule has 2 atom stereocenters. The fraction of sp³-hybridized carbons (Fsp3) is 0.706. The van der Waals surface area contributed by atoms with Gasteiger partial charge in [-0.25, -0.2) is 0 Å². The lowest BCUT2D eigenvalue weighted by Crippen LogP contribution is -2.48. The molecule has 0 amide bonds. The highest BCUT2D eigenvalue weighted by atomic mass is 16.6. The molecule has 1 spiro atoms. The van der Waals surface area contributed by atoms with E-state index in [0.29, 0.717) is 6.61 Å². The highest BCUT2D eigenvalue weighted by Gasteiger charge is 2.45. The Morgan fingerprint density at radius 2 is 2.38 bits per heavy atom. The van der Waals surface area contributed by atoms with E-state index >= 15 is 0 Å². The molecule has 0 aromatic carbocycles. The SMILES string of the molecule is c1cncc(O[C@H]2CO[C@]3(CCCN(CC4CC4)C3)C2)c1. The van der Waals surface area contributed by atoms with Gasteiger partial charge in [0.2, 0.25) is 0 Å². The molecule has 0 unspecified atom stereocenters. The molecule has 4 nitrogen and oxygen atoms in total. The van der Waals surface area contributed by atoms with Crippen LogP contribution < -0.4 is 4.74 Å². The van der Waals surface area contributed by atoms with E-state index in [1.54, 1.807) is 12.4 Å². The molecule has 0 radical (unpaired) electrons. The average Bonchev–Trinajstić information content (AvgIpc) is 3.23. The molecule has 2 saturated heterocycles. The van der Waals surface area contributed by atoms with Gasteiger partial charge in [0, 0.05) is 25.7 Å². The highest BCUT2D eigenvalue weighted by molar-refractivity contribution is 5.16. The van der Waals surface area contributed by atoms with Crippen molar-refractivity contribution in [2.75, 3.05) is 26.2 Å². The second kappa shape index (κ2) is 5.58. The summed E-state index contributed by atoms with van der Waals surface area (Å²) in [7, 11) is 0. The fourth-order valence-electron chi connectivity index (χ4n) is 3.78. The highest BCUT2D eigenvalue weighted by Crippen LogP contribution is 2.38. The van der Waals surface area contributed by atoms with Crippen LogP contribution in [0.3, 0.4) is 0 Å². The van der Waals surface area contributed by atoms with Gasteiger partial charge in [-0.2, -0.15) is 0 Å². The number of hydrogen-bond donors (Lipinski definition) is 0. The fourth-order valence-corrected chi connectivity index (χ4v) is 3.78. The summed E-state index contributed by atoms with van der Waals surface area (Å²) in [5.74, 6) is 1.82. The predicted molar refractivity (Wildman–Crippen MR) is 80.4 cm³/mol. The number of hydrogen-bond acceptors (Lipinski definition) is 4. The Balaban J connectivity index is 1.35. The van der Waals surface area contributed by atoms with E-state index in [1.165, 1.54) is 38.8 Å². The van der Waals surface area contributed by atoms with Gasteiger partial charge in [-0.1, -0.05) is 0 Å². The van der Waals surface area contributed by atoms with Crippen LogP contribution in [0, 0.1) is 5.92 Å². The molecule has 21 heavy (non-hydrogen) atoms. The number of likely N-dealkylation sites (tertiary alicyclic amines) is 1. The molecule has 1 aromatic heterocycles. The topological polar surface area (TPSA) is 34.6 Å². The van der Waals surface area contributed by atoms with Crippen LogP contribution in [0.15, 0.2) is 24.5 Å². The molecular weight excluding hydrogens is 264 g/mol. The maximum atomic E-state index is 6.21. The molecule has 1 saturated carbocycles. The quantitative estimate of drug-likeness (QED) is 0.852. The Morgan fingerprint density at radius 1 is 1.43 bits per heavy atom. The Morgan fingerprint density at radius 3 is 3.19 bits per heavy atom. The zero-order valence-electron chi connectivity index (χ0n) is 12.5. The van der Waals surface area contributed by atoms with Gasteiger partial charge in [0.05, 0.1) is 18.4 Å². The summed E-state index contributed by atoms with van der Waals surface area (Å²) in [6.07, 6.45) is 10.0. The first kappa shape index (κ1) is 13.5. The maximum absolute atomic E-state index is 6.21. The number of rotatable bonds is 4. The second-order valence-corrected chi connectivity index (χ2v) is 6.91. The van der Waals surface area contributed by atoms with Crippen LogP contribution in [-0.2, 0) is 4.74 Å².